The Labute approximate surface area is 200 Å². The first kappa shape index (κ1) is 25.1. The van der Waals surface area contributed by atoms with Crippen LogP contribution in [0.5, 0.6) is 11.5 Å². The molecule has 0 aromatic heterocycles. The van der Waals surface area contributed by atoms with E-state index in [0.29, 0.717) is 30.2 Å². The molecule has 2 aromatic carbocycles. The van der Waals surface area contributed by atoms with E-state index in [-0.39, 0.29) is 12.3 Å². The van der Waals surface area contributed by atoms with Crippen molar-refractivity contribution in [3.63, 3.8) is 0 Å². The maximum Gasteiger partial charge on any atom is 0.311 e. The smallest absolute Gasteiger partial charge is 0.311 e. The highest BCUT2D eigenvalue weighted by Crippen LogP contribution is 2.41. The van der Waals surface area contributed by atoms with Crippen molar-refractivity contribution < 1.29 is 28.6 Å². The third kappa shape index (κ3) is 6.07. The van der Waals surface area contributed by atoms with E-state index < -0.39 is 30.4 Å². The van der Waals surface area contributed by atoms with E-state index in [1.165, 1.54) is 0 Å². The van der Waals surface area contributed by atoms with Crippen LogP contribution in [0.25, 0.3) is 0 Å². The second-order valence-corrected chi connectivity index (χ2v) is 8.16. The zero-order valence-electron chi connectivity index (χ0n) is 19.9. The minimum Gasteiger partial charge on any atom is -0.497 e. The molecular weight excluding hydrogens is 436 g/mol. The quantitative estimate of drug-likeness (QED) is 0.531. The first-order valence-electron chi connectivity index (χ1n) is 11.5. The Bertz CT molecular complexity index is 991. The summed E-state index contributed by atoms with van der Waals surface area (Å²) in [6.45, 7) is 2.18. The number of nitrogens with zero attached hydrogens (tertiary/aromatic N) is 1. The van der Waals surface area contributed by atoms with Crippen LogP contribution in [0.2, 0.25) is 0 Å². The topological polar surface area (TPSA) is 94.2 Å². The largest absolute Gasteiger partial charge is 0.497 e. The maximum atomic E-state index is 13.2. The van der Waals surface area contributed by atoms with Gasteiger partial charge in [-0.2, -0.15) is 0 Å². The molecule has 1 aliphatic heterocycles. The highest BCUT2D eigenvalue weighted by atomic mass is 16.5. The van der Waals surface area contributed by atoms with Gasteiger partial charge in [-0.05, 0) is 43.2 Å². The summed E-state index contributed by atoms with van der Waals surface area (Å²) in [4.78, 5) is 40.1. The van der Waals surface area contributed by atoms with Crippen molar-refractivity contribution in [3.8, 4) is 11.5 Å². The third-order valence-electron chi connectivity index (χ3n) is 5.94. The van der Waals surface area contributed by atoms with Gasteiger partial charge in [-0.15, -0.1) is 0 Å². The van der Waals surface area contributed by atoms with Crippen molar-refractivity contribution in [1.29, 1.82) is 0 Å². The van der Waals surface area contributed by atoms with Crippen molar-refractivity contribution in [1.82, 2.24) is 4.90 Å². The summed E-state index contributed by atoms with van der Waals surface area (Å²) in [5.41, 5.74) is 1.33. The lowest BCUT2D eigenvalue weighted by Gasteiger charge is -2.40. The van der Waals surface area contributed by atoms with E-state index in [2.05, 4.69) is 12.2 Å². The molecule has 2 aromatic rings. The van der Waals surface area contributed by atoms with Gasteiger partial charge in [0.15, 0.2) is 6.61 Å². The van der Waals surface area contributed by atoms with Gasteiger partial charge in [0.1, 0.15) is 11.5 Å². The fraction of sp³-hybridized carbons (Fsp3) is 0.423. The highest BCUT2D eigenvalue weighted by molar-refractivity contribution is 5.93. The normalized spacial score (nSPS) is 17.7. The number of carbonyl (C=O) groups excluding carboxylic acids is 3. The molecule has 0 radical (unpaired) electrons. The van der Waals surface area contributed by atoms with Crippen molar-refractivity contribution in [2.24, 2.45) is 5.92 Å². The molecule has 0 aliphatic carbocycles. The second kappa shape index (κ2) is 12.1. The zero-order valence-corrected chi connectivity index (χ0v) is 19.9. The molecule has 34 heavy (non-hydrogen) atoms. The van der Waals surface area contributed by atoms with Crippen LogP contribution in [0.15, 0.2) is 48.5 Å². The molecule has 1 fully saturated rings. The Morgan fingerprint density at radius 1 is 1.06 bits per heavy atom. The van der Waals surface area contributed by atoms with Gasteiger partial charge in [0.05, 0.1) is 26.2 Å². The van der Waals surface area contributed by atoms with E-state index in [1.54, 1.807) is 43.4 Å². The summed E-state index contributed by atoms with van der Waals surface area (Å²) >= 11 is 0. The number of hydrogen-bond donors (Lipinski definition) is 1. The molecule has 2 unspecified atom stereocenters. The van der Waals surface area contributed by atoms with Crippen LogP contribution in [0, 0.1) is 5.92 Å². The minimum atomic E-state index is -0.598. The molecule has 1 heterocycles. The van der Waals surface area contributed by atoms with Crippen molar-refractivity contribution in [2.45, 2.75) is 38.6 Å². The van der Waals surface area contributed by atoms with Gasteiger partial charge in [0, 0.05) is 24.2 Å². The van der Waals surface area contributed by atoms with Gasteiger partial charge in [-0.1, -0.05) is 31.5 Å². The number of carbonyl (C=O) groups is 3. The Morgan fingerprint density at radius 2 is 1.79 bits per heavy atom. The molecule has 1 saturated heterocycles. The second-order valence-electron chi connectivity index (χ2n) is 8.16. The van der Waals surface area contributed by atoms with Gasteiger partial charge < -0.3 is 24.4 Å². The van der Waals surface area contributed by atoms with Crippen LogP contribution in [-0.2, 0) is 19.1 Å². The number of para-hydroxylation sites is 1. The predicted molar refractivity (Wildman–Crippen MR) is 128 cm³/mol. The number of amides is 2. The average molecular weight is 469 g/mol. The molecule has 1 N–H and O–H groups in total. The summed E-state index contributed by atoms with van der Waals surface area (Å²) in [6, 6.07) is 13.7. The number of piperidine rings is 1. The number of anilines is 1. The SMILES string of the molecule is CCCCN1C(=O)CCC(C(=O)OCC(=O)Nc2ccc(OC)cc2)C1c1ccccc1OC. The summed E-state index contributed by atoms with van der Waals surface area (Å²) in [5.74, 6) is -0.257. The standard InChI is InChI=1S/C26H32N2O6/c1-4-5-16-28-24(30)15-14-21(25(28)20-8-6-7-9-22(20)33-3)26(31)34-17-23(29)27-18-10-12-19(32-2)13-11-18/h6-13,21,25H,4-5,14-17H2,1-3H3,(H,27,29). The molecule has 2 atom stereocenters. The lowest BCUT2D eigenvalue weighted by Crippen LogP contribution is -2.46. The van der Waals surface area contributed by atoms with E-state index >= 15 is 0 Å². The fourth-order valence-corrected chi connectivity index (χ4v) is 4.20. The van der Waals surface area contributed by atoms with Crippen molar-refractivity contribution in [3.05, 3.63) is 54.1 Å². The molecule has 0 saturated carbocycles. The molecule has 8 heteroatoms. The molecule has 2 amide bonds. The lowest BCUT2D eigenvalue weighted by atomic mass is 9.83. The van der Waals surface area contributed by atoms with Gasteiger partial charge in [-0.3, -0.25) is 14.4 Å². The number of ether oxygens (including phenoxy) is 3. The van der Waals surface area contributed by atoms with Gasteiger partial charge in [0.2, 0.25) is 5.91 Å². The van der Waals surface area contributed by atoms with E-state index in [4.69, 9.17) is 14.2 Å². The number of likely N-dealkylation sites (tertiary alicyclic amines) is 1. The van der Waals surface area contributed by atoms with Gasteiger partial charge in [-0.25, -0.2) is 0 Å². The molecule has 3 rings (SSSR count). The van der Waals surface area contributed by atoms with E-state index in [1.807, 2.05) is 24.3 Å². The molecule has 182 valence electrons. The lowest BCUT2D eigenvalue weighted by molar-refractivity contribution is -0.159. The molecule has 0 bridgehead atoms. The Kier molecular flexibility index (Phi) is 8.90. The number of unbranched alkanes of at least 4 members (excludes halogenated alkanes) is 1. The first-order valence-corrected chi connectivity index (χ1v) is 11.5. The molecular formula is C26H32N2O6. The first-order chi connectivity index (χ1) is 16.5. The number of methoxy groups -OCH3 is 2. The van der Waals surface area contributed by atoms with Crippen LogP contribution in [-0.4, -0.2) is 50.1 Å². The van der Waals surface area contributed by atoms with Crippen LogP contribution in [0.1, 0.15) is 44.2 Å². The number of hydrogen-bond acceptors (Lipinski definition) is 6. The maximum absolute atomic E-state index is 13.2. The molecule has 0 spiro atoms. The Balaban J connectivity index is 1.74. The summed E-state index contributed by atoms with van der Waals surface area (Å²) in [7, 11) is 3.13. The molecule has 8 nitrogen and oxygen atoms in total. The van der Waals surface area contributed by atoms with Gasteiger partial charge >= 0.3 is 5.97 Å². The van der Waals surface area contributed by atoms with Crippen molar-refractivity contribution >= 4 is 23.5 Å². The Hall–Kier alpha value is -3.55. The predicted octanol–water partition coefficient (Wildman–Crippen LogP) is 3.97. The molecule has 1 aliphatic rings. The number of benzene rings is 2. The monoisotopic (exact) mass is 468 g/mol. The minimum absolute atomic E-state index is 0.00524. The zero-order chi connectivity index (χ0) is 24.5. The number of esters is 1. The van der Waals surface area contributed by atoms with E-state index in [9.17, 15) is 14.4 Å². The number of nitrogens with one attached hydrogen (secondary N) is 1. The summed E-state index contributed by atoms with van der Waals surface area (Å²) < 4.78 is 16.1. The fourth-order valence-electron chi connectivity index (χ4n) is 4.20. The van der Waals surface area contributed by atoms with Crippen LogP contribution in [0.3, 0.4) is 0 Å². The van der Waals surface area contributed by atoms with Crippen LogP contribution in [0.4, 0.5) is 5.69 Å². The summed E-state index contributed by atoms with van der Waals surface area (Å²) in [6.07, 6.45) is 2.35. The highest BCUT2D eigenvalue weighted by Gasteiger charge is 2.42. The van der Waals surface area contributed by atoms with Crippen LogP contribution < -0.4 is 14.8 Å². The third-order valence-corrected chi connectivity index (χ3v) is 5.94. The van der Waals surface area contributed by atoms with E-state index in [0.717, 1.165) is 18.4 Å². The Morgan fingerprint density at radius 3 is 2.47 bits per heavy atom. The van der Waals surface area contributed by atoms with Gasteiger partial charge in [0.25, 0.3) is 5.91 Å². The summed E-state index contributed by atoms with van der Waals surface area (Å²) in [5, 5.41) is 2.70. The number of rotatable bonds is 10. The average Bonchev–Trinajstić information content (AvgIpc) is 2.86. The van der Waals surface area contributed by atoms with Crippen LogP contribution >= 0.6 is 0 Å². The van der Waals surface area contributed by atoms with Crippen molar-refractivity contribution in [2.75, 3.05) is 32.7 Å².